The van der Waals surface area contributed by atoms with E-state index < -0.39 is 35.2 Å². The first-order valence-electron chi connectivity index (χ1n) is 9.16. The molecular formula is C19H19ClF2N6O3. The molecule has 0 atom stereocenters. The third kappa shape index (κ3) is 4.71. The number of anilines is 1. The predicted octanol–water partition coefficient (Wildman–Crippen LogP) is 4.19. The van der Waals surface area contributed by atoms with Gasteiger partial charge in [0.2, 0.25) is 11.6 Å². The standard InChI is InChI=1S/C19H19ClF2N6O3/c1-10-16(11(2)26(24-10)8-13-5-4-6-14(20)7-13)23-15(29)9-27-12(3)18(28(30)31)17(25-27)19(21)22/h4-7,19H,8-9H2,1-3H3,(H,23,29). The normalized spacial score (nSPS) is 11.2. The molecule has 2 aromatic heterocycles. The van der Waals surface area contributed by atoms with E-state index >= 15 is 0 Å². The van der Waals surface area contributed by atoms with Crippen molar-refractivity contribution in [1.82, 2.24) is 19.6 Å². The fourth-order valence-corrected chi connectivity index (χ4v) is 3.45. The quantitative estimate of drug-likeness (QED) is 0.427. The summed E-state index contributed by atoms with van der Waals surface area (Å²) in [5.41, 5.74) is 0.768. The van der Waals surface area contributed by atoms with Crippen LogP contribution in [0.4, 0.5) is 20.2 Å². The summed E-state index contributed by atoms with van der Waals surface area (Å²) in [6.07, 6.45) is -3.13. The Kier molecular flexibility index (Phi) is 6.34. The molecule has 0 saturated heterocycles. The number of carbonyl (C=O) groups excluding carboxylic acids is 1. The van der Waals surface area contributed by atoms with Gasteiger partial charge in [0.25, 0.3) is 6.43 Å². The minimum Gasteiger partial charge on any atom is -0.321 e. The van der Waals surface area contributed by atoms with Gasteiger partial charge in [-0.3, -0.25) is 24.3 Å². The SMILES string of the molecule is Cc1nn(Cc2cccc(Cl)c2)c(C)c1NC(=O)Cn1nc(C(F)F)c([N+](=O)[O-])c1C. The predicted molar refractivity (Wildman–Crippen MR) is 109 cm³/mol. The van der Waals surface area contributed by atoms with Gasteiger partial charge in [0, 0.05) is 5.02 Å². The topological polar surface area (TPSA) is 108 Å². The number of carbonyl (C=O) groups is 1. The van der Waals surface area contributed by atoms with Gasteiger partial charge in [-0.1, -0.05) is 23.7 Å². The molecular weight excluding hydrogens is 434 g/mol. The van der Waals surface area contributed by atoms with Crippen LogP contribution < -0.4 is 5.32 Å². The first-order chi connectivity index (χ1) is 14.6. The Morgan fingerprint density at radius 1 is 1.23 bits per heavy atom. The summed E-state index contributed by atoms with van der Waals surface area (Å²) in [4.78, 5) is 22.7. The number of hydrogen-bond donors (Lipinski definition) is 1. The van der Waals surface area contributed by atoms with Crippen LogP contribution in [-0.4, -0.2) is 30.4 Å². The second kappa shape index (κ2) is 8.80. The lowest BCUT2D eigenvalue weighted by molar-refractivity contribution is -0.386. The maximum absolute atomic E-state index is 13.1. The molecule has 1 N–H and O–H groups in total. The molecule has 3 rings (SSSR count). The van der Waals surface area contributed by atoms with Crippen LogP contribution in [0.1, 0.15) is 34.8 Å². The summed E-state index contributed by atoms with van der Waals surface area (Å²) < 4.78 is 28.8. The number of aromatic nitrogens is 4. The Bertz CT molecular complexity index is 1160. The molecule has 0 aliphatic carbocycles. The number of amides is 1. The van der Waals surface area contributed by atoms with Crippen molar-refractivity contribution in [2.24, 2.45) is 0 Å². The van der Waals surface area contributed by atoms with E-state index in [1.807, 2.05) is 18.2 Å². The highest BCUT2D eigenvalue weighted by atomic mass is 35.5. The highest BCUT2D eigenvalue weighted by Crippen LogP contribution is 2.31. The Labute approximate surface area is 180 Å². The number of halogens is 3. The number of hydrogen-bond acceptors (Lipinski definition) is 5. The third-order valence-corrected chi connectivity index (χ3v) is 4.99. The van der Waals surface area contributed by atoms with Crippen molar-refractivity contribution < 1.29 is 18.5 Å². The van der Waals surface area contributed by atoms with E-state index in [-0.39, 0.29) is 5.69 Å². The second-order valence-corrected chi connectivity index (χ2v) is 7.35. The third-order valence-electron chi connectivity index (χ3n) is 4.75. The molecule has 9 nitrogen and oxygen atoms in total. The monoisotopic (exact) mass is 452 g/mol. The molecule has 0 spiro atoms. The molecule has 164 valence electrons. The van der Waals surface area contributed by atoms with E-state index in [0.717, 1.165) is 10.2 Å². The fourth-order valence-electron chi connectivity index (χ4n) is 3.24. The van der Waals surface area contributed by atoms with Gasteiger partial charge in [0.15, 0.2) is 0 Å². The Hall–Kier alpha value is -3.34. The molecule has 3 aromatic rings. The largest absolute Gasteiger partial charge is 0.321 e. The molecule has 1 aromatic carbocycles. The molecule has 0 radical (unpaired) electrons. The number of nitrogens with one attached hydrogen (secondary N) is 1. The molecule has 12 heteroatoms. The lowest BCUT2D eigenvalue weighted by Crippen LogP contribution is -2.21. The van der Waals surface area contributed by atoms with E-state index in [0.29, 0.717) is 28.6 Å². The molecule has 31 heavy (non-hydrogen) atoms. The summed E-state index contributed by atoms with van der Waals surface area (Å²) in [6.45, 7) is 4.74. The van der Waals surface area contributed by atoms with Gasteiger partial charge in [-0.15, -0.1) is 0 Å². The van der Waals surface area contributed by atoms with Gasteiger partial charge in [0.1, 0.15) is 12.2 Å². The molecule has 1 amide bonds. The Balaban J connectivity index is 1.79. The molecule has 0 bridgehead atoms. The molecule has 0 fully saturated rings. The van der Waals surface area contributed by atoms with Crippen molar-refractivity contribution in [1.29, 1.82) is 0 Å². The van der Waals surface area contributed by atoms with E-state index in [2.05, 4.69) is 15.5 Å². The fraction of sp³-hybridized carbons (Fsp3) is 0.316. The van der Waals surface area contributed by atoms with E-state index in [1.165, 1.54) is 6.92 Å². The minimum absolute atomic E-state index is 0.124. The van der Waals surface area contributed by atoms with Crippen LogP contribution in [-0.2, 0) is 17.9 Å². The van der Waals surface area contributed by atoms with Crippen molar-refractivity contribution in [3.8, 4) is 0 Å². The second-order valence-electron chi connectivity index (χ2n) is 6.92. The zero-order valence-electron chi connectivity index (χ0n) is 16.9. The molecule has 0 saturated carbocycles. The summed E-state index contributed by atoms with van der Waals surface area (Å²) in [5, 5.41) is 22.4. The van der Waals surface area contributed by atoms with Crippen LogP contribution in [0.2, 0.25) is 5.02 Å². The van der Waals surface area contributed by atoms with Crippen LogP contribution in [0.5, 0.6) is 0 Å². The van der Waals surface area contributed by atoms with Crippen molar-refractivity contribution >= 4 is 28.9 Å². The van der Waals surface area contributed by atoms with Gasteiger partial charge in [-0.25, -0.2) is 8.78 Å². The number of nitro groups is 1. The van der Waals surface area contributed by atoms with Crippen LogP contribution in [0.15, 0.2) is 24.3 Å². The Morgan fingerprint density at radius 3 is 2.52 bits per heavy atom. The van der Waals surface area contributed by atoms with Crippen LogP contribution in [0, 0.1) is 30.9 Å². The molecule has 2 heterocycles. The van der Waals surface area contributed by atoms with Crippen molar-refractivity contribution in [3.63, 3.8) is 0 Å². The molecule has 0 aliphatic heterocycles. The first-order valence-corrected chi connectivity index (χ1v) is 9.54. The lowest BCUT2D eigenvalue weighted by Gasteiger charge is -2.08. The summed E-state index contributed by atoms with van der Waals surface area (Å²) in [6, 6.07) is 7.29. The first kappa shape index (κ1) is 22.3. The number of benzene rings is 1. The number of alkyl halides is 2. The Morgan fingerprint density at radius 2 is 1.94 bits per heavy atom. The smallest absolute Gasteiger partial charge is 0.319 e. The highest BCUT2D eigenvalue weighted by molar-refractivity contribution is 6.30. The van der Waals surface area contributed by atoms with Crippen molar-refractivity contribution in [3.05, 3.63) is 67.7 Å². The maximum Gasteiger partial charge on any atom is 0.319 e. The van der Waals surface area contributed by atoms with Crippen LogP contribution in [0.25, 0.3) is 0 Å². The van der Waals surface area contributed by atoms with Crippen molar-refractivity contribution in [2.75, 3.05) is 5.32 Å². The van der Waals surface area contributed by atoms with Gasteiger partial charge < -0.3 is 5.32 Å². The zero-order chi connectivity index (χ0) is 22.9. The minimum atomic E-state index is -3.13. The van der Waals surface area contributed by atoms with Gasteiger partial charge >= 0.3 is 5.69 Å². The van der Waals surface area contributed by atoms with Gasteiger partial charge in [-0.2, -0.15) is 10.2 Å². The van der Waals surface area contributed by atoms with Crippen LogP contribution in [0.3, 0.4) is 0 Å². The molecule has 0 aliphatic rings. The van der Waals surface area contributed by atoms with Crippen molar-refractivity contribution in [2.45, 2.75) is 40.3 Å². The summed E-state index contributed by atoms with van der Waals surface area (Å²) >= 11 is 6.01. The van der Waals surface area contributed by atoms with Gasteiger partial charge in [0.05, 0.1) is 28.5 Å². The van der Waals surface area contributed by atoms with E-state index in [1.54, 1.807) is 24.6 Å². The highest BCUT2D eigenvalue weighted by Gasteiger charge is 2.31. The van der Waals surface area contributed by atoms with E-state index in [9.17, 15) is 23.7 Å². The lowest BCUT2D eigenvalue weighted by atomic mass is 10.2. The zero-order valence-corrected chi connectivity index (χ0v) is 17.7. The van der Waals surface area contributed by atoms with E-state index in [4.69, 9.17) is 11.6 Å². The number of rotatable bonds is 7. The number of nitrogens with zero attached hydrogens (tertiary/aromatic N) is 5. The summed E-state index contributed by atoms with van der Waals surface area (Å²) in [5.74, 6) is -0.574. The average Bonchev–Trinajstić information content (AvgIpc) is 3.13. The number of aryl methyl sites for hydroxylation is 1. The van der Waals surface area contributed by atoms with Crippen LogP contribution >= 0.6 is 11.6 Å². The average molecular weight is 453 g/mol. The van der Waals surface area contributed by atoms with Gasteiger partial charge in [-0.05, 0) is 38.5 Å². The summed E-state index contributed by atoms with van der Waals surface area (Å²) in [7, 11) is 0. The molecule has 0 unspecified atom stereocenters. The maximum atomic E-state index is 13.1.